The number of nitrogens with one attached hydrogen (secondary N) is 1. The van der Waals surface area contributed by atoms with Crippen LogP contribution in [0.1, 0.15) is 36.3 Å². The molecule has 1 aromatic carbocycles. The fraction of sp³-hybridized carbons (Fsp3) is 0.429. The van der Waals surface area contributed by atoms with Crippen molar-refractivity contribution in [2.24, 2.45) is 0 Å². The van der Waals surface area contributed by atoms with E-state index in [1.807, 2.05) is 0 Å². The molecule has 2 aliphatic rings. The van der Waals surface area contributed by atoms with Crippen molar-refractivity contribution < 1.29 is 38.1 Å². The summed E-state index contributed by atoms with van der Waals surface area (Å²) in [6.07, 6.45) is -2.75. The van der Waals surface area contributed by atoms with Crippen LogP contribution in [0.25, 0.3) is 0 Å². The first-order valence-corrected chi connectivity index (χ1v) is 9.61. The van der Waals surface area contributed by atoms with Crippen molar-refractivity contribution in [3.63, 3.8) is 0 Å². The van der Waals surface area contributed by atoms with Crippen molar-refractivity contribution >= 4 is 11.7 Å². The second kappa shape index (κ2) is 8.57. The van der Waals surface area contributed by atoms with Crippen molar-refractivity contribution in [2.45, 2.75) is 50.8 Å². The molecular weight excluding hydrogens is 394 g/mol. The number of carbonyl (C=O) groups is 2. The van der Waals surface area contributed by atoms with Gasteiger partial charge in [-0.1, -0.05) is 0 Å². The molecule has 0 radical (unpaired) electrons. The highest BCUT2D eigenvalue weighted by atomic mass is 16.8. The average molecular weight is 417 g/mol. The molecule has 2 aliphatic heterocycles. The molecule has 9 heteroatoms. The Morgan fingerprint density at radius 3 is 2.53 bits per heavy atom. The van der Waals surface area contributed by atoms with E-state index >= 15 is 0 Å². The third-order valence-corrected chi connectivity index (χ3v) is 5.02. The van der Waals surface area contributed by atoms with Gasteiger partial charge in [0.05, 0.1) is 12.9 Å². The average Bonchev–Trinajstić information content (AvgIpc) is 3.26. The van der Waals surface area contributed by atoms with Gasteiger partial charge < -0.3 is 33.8 Å². The second-order valence-electron chi connectivity index (χ2n) is 7.24. The highest BCUT2D eigenvalue weighted by Gasteiger charge is 2.51. The molecule has 0 unspecified atom stereocenters. The maximum absolute atomic E-state index is 11.7. The topological polar surface area (TPSA) is 116 Å². The molecule has 6 atom stereocenters. The van der Waals surface area contributed by atoms with Crippen molar-refractivity contribution in [1.82, 2.24) is 5.32 Å². The van der Waals surface area contributed by atoms with Gasteiger partial charge in [-0.3, -0.25) is 9.59 Å². The molecule has 0 spiro atoms. The Kier molecular flexibility index (Phi) is 5.87. The standard InChI is InChI=1S/C21H23NO8/c1-11(23)13-5-7-14(8-6-13)28-21-17(22-12(2)24)18(25)19-16(29-21)10-27-20(30-19)15-4-3-9-26-15/h3-9,16-21,25H,10H2,1-2H3,(H,22,24)/t16-,17+,18-,19-,20+,21-/m1/s1. The zero-order valence-corrected chi connectivity index (χ0v) is 16.5. The Hall–Kier alpha value is -2.72. The lowest BCUT2D eigenvalue weighted by Crippen LogP contribution is -2.67. The Morgan fingerprint density at radius 1 is 1.13 bits per heavy atom. The van der Waals surface area contributed by atoms with Crippen LogP contribution in [-0.4, -0.2) is 54.0 Å². The molecule has 1 amide bonds. The van der Waals surface area contributed by atoms with Crippen LogP contribution in [0.3, 0.4) is 0 Å². The lowest BCUT2D eigenvalue weighted by Gasteiger charge is -2.47. The van der Waals surface area contributed by atoms with Gasteiger partial charge in [0.15, 0.2) is 11.5 Å². The highest BCUT2D eigenvalue weighted by molar-refractivity contribution is 5.94. The van der Waals surface area contributed by atoms with Crippen LogP contribution in [0.15, 0.2) is 47.1 Å². The van der Waals surface area contributed by atoms with Crippen LogP contribution in [0.4, 0.5) is 0 Å². The fourth-order valence-corrected chi connectivity index (χ4v) is 3.55. The molecule has 3 heterocycles. The lowest BCUT2D eigenvalue weighted by atomic mass is 9.96. The summed E-state index contributed by atoms with van der Waals surface area (Å²) in [5.74, 6) is 0.488. The van der Waals surface area contributed by atoms with Gasteiger partial charge >= 0.3 is 0 Å². The van der Waals surface area contributed by atoms with E-state index in [2.05, 4.69) is 5.32 Å². The van der Waals surface area contributed by atoms with Crippen LogP contribution in [0.5, 0.6) is 5.75 Å². The number of aliphatic hydroxyl groups is 1. The Balaban J connectivity index is 1.51. The van der Waals surface area contributed by atoms with E-state index in [0.717, 1.165) is 0 Å². The van der Waals surface area contributed by atoms with Crippen LogP contribution in [0, 0.1) is 0 Å². The summed E-state index contributed by atoms with van der Waals surface area (Å²) < 4.78 is 28.7. The van der Waals surface area contributed by atoms with E-state index in [0.29, 0.717) is 17.1 Å². The SMILES string of the molecule is CC(=O)N[C@@H]1[C@H](Oc2ccc(C(C)=O)cc2)O[C@@H]2CO[C@H](c3ccco3)O[C@H]2[C@@H]1O. The molecular formula is C21H23NO8. The molecule has 4 rings (SSSR count). The number of furan rings is 1. The van der Waals surface area contributed by atoms with E-state index in [4.69, 9.17) is 23.4 Å². The summed E-state index contributed by atoms with van der Waals surface area (Å²) in [5, 5.41) is 13.6. The van der Waals surface area contributed by atoms with E-state index in [-0.39, 0.29) is 18.3 Å². The number of fused-ring (bicyclic) bond motifs is 1. The largest absolute Gasteiger partial charge is 0.464 e. The summed E-state index contributed by atoms with van der Waals surface area (Å²) in [7, 11) is 0. The number of rotatable bonds is 5. The number of aliphatic hydroxyl groups excluding tert-OH is 1. The van der Waals surface area contributed by atoms with Crippen molar-refractivity contribution in [3.05, 3.63) is 54.0 Å². The maximum atomic E-state index is 11.7. The van der Waals surface area contributed by atoms with Crippen LogP contribution in [0.2, 0.25) is 0 Å². The van der Waals surface area contributed by atoms with E-state index in [1.165, 1.54) is 20.1 Å². The van der Waals surface area contributed by atoms with Crippen LogP contribution in [-0.2, 0) is 19.0 Å². The fourth-order valence-electron chi connectivity index (χ4n) is 3.55. The monoisotopic (exact) mass is 417 g/mol. The predicted molar refractivity (Wildman–Crippen MR) is 102 cm³/mol. The van der Waals surface area contributed by atoms with Crippen molar-refractivity contribution in [2.75, 3.05) is 6.61 Å². The molecule has 1 aromatic heterocycles. The van der Waals surface area contributed by atoms with Gasteiger partial charge in [0, 0.05) is 12.5 Å². The first kappa shape index (κ1) is 20.5. The number of amides is 1. The van der Waals surface area contributed by atoms with Gasteiger partial charge in [-0.2, -0.15) is 0 Å². The molecule has 2 saturated heterocycles. The van der Waals surface area contributed by atoms with Crippen LogP contribution < -0.4 is 10.1 Å². The molecule has 2 aromatic rings. The van der Waals surface area contributed by atoms with E-state index in [1.54, 1.807) is 36.4 Å². The van der Waals surface area contributed by atoms with Crippen molar-refractivity contribution in [3.8, 4) is 5.75 Å². The number of carbonyl (C=O) groups excluding carboxylic acids is 2. The summed E-state index contributed by atoms with van der Waals surface area (Å²) in [4.78, 5) is 23.2. The number of Topliss-reactive ketones (excluding diaryl/α,β-unsaturated/α-hetero) is 1. The highest BCUT2D eigenvalue weighted by Crippen LogP contribution is 2.35. The molecule has 30 heavy (non-hydrogen) atoms. The van der Waals surface area contributed by atoms with Gasteiger partial charge in [-0.25, -0.2) is 0 Å². The zero-order valence-electron chi connectivity index (χ0n) is 16.5. The summed E-state index contributed by atoms with van der Waals surface area (Å²) >= 11 is 0. The normalized spacial score (nSPS) is 30.9. The van der Waals surface area contributed by atoms with Gasteiger partial charge in [0.1, 0.15) is 30.1 Å². The zero-order chi connectivity index (χ0) is 21.3. The minimum Gasteiger partial charge on any atom is -0.464 e. The van der Waals surface area contributed by atoms with E-state index in [9.17, 15) is 14.7 Å². The Bertz CT molecular complexity index is 881. The third-order valence-electron chi connectivity index (χ3n) is 5.02. The molecule has 0 bridgehead atoms. The Labute approximate surface area is 172 Å². The van der Waals surface area contributed by atoms with E-state index < -0.39 is 36.9 Å². The van der Waals surface area contributed by atoms with Gasteiger partial charge in [-0.05, 0) is 43.3 Å². The molecule has 9 nitrogen and oxygen atoms in total. The molecule has 0 saturated carbocycles. The van der Waals surface area contributed by atoms with Gasteiger partial charge in [0.2, 0.25) is 18.5 Å². The quantitative estimate of drug-likeness (QED) is 0.704. The first-order valence-electron chi connectivity index (χ1n) is 9.61. The molecule has 160 valence electrons. The minimum absolute atomic E-state index is 0.0625. The number of hydrogen-bond acceptors (Lipinski definition) is 8. The second-order valence-corrected chi connectivity index (χ2v) is 7.24. The number of benzene rings is 1. The number of ketones is 1. The maximum Gasteiger partial charge on any atom is 0.223 e. The third kappa shape index (κ3) is 4.24. The van der Waals surface area contributed by atoms with Gasteiger partial charge in [-0.15, -0.1) is 0 Å². The van der Waals surface area contributed by atoms with Crippen molar-refractivity contribution in [1.29, 1.82) is 0 Å². The summed E-state index contributed by atoms with van der Waals surface area (Å²) in [6.45, 7) is 2.96. The predicted octanol–water partition coefficient (Wildman–Crippen LogP) is 1.57. The lowest BCUT2D eigenvalue weighted by molar-refractivity contribution is -0.336. The number of hydrogen-bond donors (Lipinski definition) is 2. The molecule has 0 aliphatic carbocycles. The van der Waals surface area contributed by atoms with Crippen LogP contribution >= 0.6 is 0 Å². The molecule has 2 fully saturated rings. The molecule has 2 N–H and O–H groups in total. The van der Waals surface area contributed by atoms with Gasteiger partial charge in [0.25, 0.3) is 0 Å². The summed E-state index contributed by atoms with van der Waals surface area (Å²) in [6, 6.07) is 9.06. The number of ether oxygens (including phenoxy) is 4. The smallest absolute Gasteiger partial charge is 0.223 e. The summed E-state index contributed by atoms with van der Waals surface area (Å²) in [5.41, 5.74) is 0.545. The minimum atomic E-state index is -1.12. The Morgan fingerprint density at radius 2 is 1.90 bits per heavy atom. The first-order chi connectivity index (χ1) is 14.4.